The number of halogens is 1. The monoisotopic (exact) mass is 290 g/mol. The van der Waals surface area contributed by atoms with Crippen LogP contribution < -0.4 is 5.32 Å². The van der Waals surface area contributed by atoms with Gasteiger partial charge in [0.1, 0.15) is 0 Å². The summed E-state index contributed by atoms with van der Waals surface area (Å²) in [5.74, 6) is 0.0775. The molecule has 16 heavy (non-hydrogen) atoms. The van der Waals surface area contributed by atoms with Gasteiger partial charge in [-0.05, 0) is 59.2 Å². The average molecular weight is 291 g/mol. The zero-order valence-electron chi connectivity index (χ0n) is 10.4. The Morgan fingerprint density at radius 3 is 2.50 bits per heavy atom. The zero-order chi connectivity index (χ0) is 12.0. The van der Waals surface area contributed by atoms with Crippen molar-refractivity contribution in [3.8, 4) is 0 Å². The molecule has 1 N–H and O–H groups in total. The molecular weight excluding hydrogens is 268 g/mol. The molecular formula is C12H23BrN2O. The molecule has 0 aliphatic carbocycles. The number of unbranched alkanes of at least 4 members (excludes halogenated alkanes) is 1. The van der Waals surface area contributed by atoms with Crippen LogP contribution in [0.4, 0.5) is 0 Å². The lowest BCUT2D eigenvalue weighted by Gasteiger charge is -2.17. The number of hydrogen-bond acceptors (Lipinski definition) is 2. The van der Waals surface area contributed by atoms with E-state index in [9.17, 15) is 4.79 Å². The highest BCUT2D eigenvalue weighted by Gasteiger charge is 2.22. The summed E-state index contributed by atoms with van der Waals surface area (Å²) >= 11 is 3.35. The Balaban J connectivity index is 1.97. The third-order valence-electron chi connectivity index (χ3n) is 2.93. The fourth-order valence-electron chi connectivity index (χ4n) is 1.88. The van der Waals surface area contributed by atoms with Gasteiger partial charge in [-0.25, -0.2) is 0 Å². The van der Waals surface area contributed by atoms with Crippen molar-refractivity contribution in [2.75, 3.05) is 26.2 Å². The summed E-state index contributed by atoms with van der Waals surface area (Å²) in [4.78, 5) is 14.0. The fourth-order valence-corrected chi connectivity index (χ4v) is 2.02. The highest BCUT2D eigenvalue weighted by molar-refractivity contribution is 9.10. The molecule has 1 amide bonds. The van der Waals surface area contributed by atoms with Gasteiger partial charge in [0.15, 0.2) is 0 Å². The summed E-state index contributed by atoms with van der Waals surface area (Å²) in [6.45, 7) is 8.25. The van der Waals surface area contributed by atoms with Gasteiger partial charge in [0.2, 0.25) is 5.91 Å². The summed E-state index contributed by atoms with van der Waals surface area (Å²) in [5, 5.41) is 2.94. The van der Waals surface area contributed by atoms with Crippen LogP contribution in [0.15, 0.2) is 0 Å². The van der Waals surface area contributed by atoms with E-state index in [1.165, 1.54) is 38.9 Å². The van der Waals surface area contributed by atoms with E-state index in [0.29, 0.717) is 0 Å². The van der Waals surface area contributed by atoms with E-state index >= 15 is 0 Å². The molecule has 1 fully saturated rings. The lowest BCUT2D eigenvalue weighted by atomic mass is 10.2. The zero-order valence-corrected chi connectivity index (χ0v) is 12.0. The Bertz CT molecular complexity index is 220. The largest absolute Gasteiger partial charge is 0.355 e. The van der Waals surface area contributed by atoms with Gasteiger partial charge in [-0.3, -0.25) is 4.79 Å². The van der Waals surface area contributed by atoms with Crippen LogP contribution in [0.1, 0.15) is 39.5 Å². The van der Waals surface area contributed by atoms with Crippen molar-refractivity contribution >= 4 is 21.8 Å². The maximum Gasteiger partial charge on any atom is 0.236 e. The third-order valence-corrected chi connectivity index (χ3v) is 3.29. The van der Waals surface area contributed by atoms with Crippen molar-refractivity contribution < 1.29 is 4.79 Å². The highest BCUT2D eigenvalue weighted by atomic mass is 79.9. The number of likely N-dealkylation sites (tertiary alicyclic amines) is 1. The Kier molecular flexibility index (Phi) is 5.76. The first-order valence-electron chi connectivity index (χ1n) is 6.20. The number of nitrogens with one attached hydrogen (secondary N) is 1. The van der Waals surface area contributed by atoms with Crippen molar-refractivity contribution in [1.29, 1.82) is 0 Å². The van der Waals surface area contributed by atoms with Crippen LogP contribution in [0, 0.1) is 0 Å². The number of nitrogens with zero attached hydrogens (tertiary/aromatic N) is 1. The van der Waals surface area contributed by atoms with Crippen molar-refractivity contribution in [2.24, 2.45) is 0 Å². The van der Waals surface area contributed by atoms with Gasteiger partial charge in [-0.1, -0.05) is 15.9 Å². The van der Waals surface area contributed by atoms with Gasteiger partial charge in [0.25, 0.3) is 0 Å². The molecule has 0 atom stereocenters. The first kappa shape index (κ1) is 14.0. The summed E-state index contributed by atoms with van der Waals surface area (Å²) in [7, 11) is 0. The second-order valence-electron chi connectivity index (χ2n) is 4.98. The van der Waals surface area contributed by atoms with E-state index in [1.54, 1.807) is 0 Å². The molecule has 1 aliphatic heterocycles. The Morgan fingerprint density at radius 1 is 1.31 bits per heavy atom. The molecule has 0 aromatic heterocycles. The molecule has 1 saturated heterocycles. The van der Waals surface area contributed by atoms with Gasteiger partial charge in [0, 0.05) is 6.54 Å². The molecule has 0 spiro atoms. The fraction of sp³-hybridized carbons (Fsp3) is 0.917. The maximum atomic E-state index is 11.5. The number of carbonyl (C=O) groups excluding carboxylic acids is 1. The van der Waals surface area contributed by atoms with Crippen LogP contribution >= 0.6 is 15.9 Å². The van der Waals surface area contributed by atoms with Crippen LogP contribution in [0.25, 0.3) is 0 Å². The lowest BCUT2D eigenvalue weighted by Crippen LogP contribution is -2.38. The Hall–Kier alpha value is -0.0900. The van der Waals surface area contributed by atoms with Crippen LogP contribution in [0.5, 0.6) is 0 Å². The molecule has 0 bridgehead atoms. The van der Waals surface area contributed by atoms with Crippen LogP contribution in [0.3, 0.4) is 0 Å². The van der Waals surface area contributed by atoms with E-state index in [-0.39, 0.29) is 5.91 Å². The predicted molar refractivity (Wildman–Crippen MR) is 70.9 cm³/mol. The maximum absolute atomic E-state index is 11.5. The van der Waals surface area contributed by atoms with Gasteiger partial charge < -0.3 is 10.2 Å². The normalized spacial score (nSPS) is 17.7. The van der Waals surface area contributed by atoms with E-state index < -0.39 is 4.32 Å². The minimum Gasteiger partial charge on any atom is -0.355 e. The average Bonchev–Trinajstić information content (AvgIpc) is 2.68. The molecule has 0 unspecified atom stereocenters. The number of amides is 1. The predicted octanol–water partition coefficient (Wildman–Crippen LogP) is 2.15. The van der Waals surface area contributed by atoms with Gasteiger partial charge >= 0.3 is 0 Å². The number of carbonyl (C=O) groups is 1. The minimum absolute atomic E-state index is 0.0775. The van der Waals surface area contributed by atoms with Gasteiger partial charge in [-0.15, -0.1) is 0 Å². The molecule has 0 aromatic carbocycles. The van der Waals surface area contributed by atoms with Crippen LogP contribution in [-0.2, 0) is 4.79 Å². The third kappa shape index (κ3) is 5.30. The smallest absolute Gasteiger partial charge is 0.236 e. The molecule has 4 heteroatoms. The second-order valence-corrected chi connectivity index (χ2v) is 6.97. The summed E-state index contributed by atoms with van der Waals surface area (Å²) in [6.07, 6.45) is 4.97. The summed E-state index contributed by atoms with van der Waals surface area (Å²) in [6, 6.07) is 0. The van der Waals surface area contributed by atoms with E-state index in [0.717, 1.165) is 13.0 Å². The van der Waals surface area contributed by atoms with Crippen molar-refractivity contribution in [3.63, 3.8) is 0 Å². The van der Waals surface area contributed by atoms with Gasteiger partial charge in [0.05, 0.1) is 4.32 Å². The van der Waals surface area contributed by atoms with Gasteiger partial charge in [-0.2, -0.15) is 0 Å². The van der Waals surface area contributed by atoms with Crippen LogP contribution in [-0.4, -0.2) is 41.3 Å². The van der Waals surface area contributed by atoms with E-state index in [1.807, 2.05) is 13.8 Å². The molecule has 0 saturated carbocycles. The first-order valence-corrected chi connectivity index (χ1v) is 6.99. The number of hydrogen-bond donors (Lipinski definition) is 1. The van der Waals surface area contributed by atoms with E-state index in [2.05, 4.69) is 26.1 Å². The van der Waals surface area contributed by atoms with E-state index in [4.69, 9.17) is 0 Å². The Morgan fingerprint density at radius 2 is 1.94 bits per heavy atom. The molecule has 0 radical (unpaired) electrons. The summed E-state index contributed by atoms with van der Waals surface area (Å²) in [5.41, 5.74) is 0. The first-order chi connectivity index (χ1) is 7.50. The van der Waals surface area contributed by atoms with Crippen molar-refractivity contribution in [1.82, 2.24) is 10.2 Å². The van der Waals surface area contributed by atoms with Crippen molar-refractivity contribution in [2.45, 2.75) is 43.9 Å². The topological polar surface area (TPSA) is 32.3 Å². The molecule has 1 rings (SSSR count). The standard InChI is InChI=1S/C12H23BrN2O/c1-12(2,13)11(16)14-7-3-4-8-15-9-5-6-10-15/h3-10H2,1-2H3,(H,14,16). The molecule has 0 aromatic rings. The van der Waals surface area contributed by atoms with Crippen molar-refractivity contribution in [3.05, 3.63) is 0 Å². The molecule has 1 aliphatic rings. The lowest BCUT2D eigenvalue weighted by molar-refractivity contribution is -0.122. The Labute approximate surface area is 107 Å². The van der Waals surface area contributed by atoms with Crippen LogP contribution in [0.2, 0.25) is 0 Å². The number of rotatable bonds is 6. The molecule has 94 valence electrons. The number of alkyl halides is 1. The SMILES string of the molecule is CC(C)(Br)C(=O)NCCCCN1CCCC1. The quantitative estimate of drug-likeness (QED) is 0.601. The highest BCUT2D eigenvalue weighted by Crippen LogP contribution is 2.15. The molecule has 1 heterocycles. The molecule has 3 nitrogen and oxygen atoms in total. The summed E-state index contributed by atoms with van der Waals surface area (Å²) < 4.78 is -0.443. The second kappa shape index (κ2) is 6.60. The minimum atomic E-state index is -0.443.